The topological polar surface area (TPSA) is 38.3 Å². The normalized spacial score (nSPS) is 11.1. The van der Waals surface area contributed by atoms with Crippen LogP contribution in [-0.2, 0) is 6.61 Å². The highest BCUT2D eigenvalue weighted by Gasteiger charge is 2.22. The van der Waals surface area contributed by atoms with Gasteiger partial charge in [0, 0.05) is 12.5 Å². The van der Waals surface area contributed by atoms with Crippen LogP contribution in [0, 0.1) is 3.57 Å². The van der Waals surface area contributed by atoms with E-state index >= 15 is 0 Å². The molecule has 0 spiro atoms. The Hall–Kier alpha value is -1.70. The Morgan fingerprint density at radius 2 is 1.91 bits per heavy atom. The quantitative estimate of drug-likeness (QED) is 0.695. The smallest absolute Gasteiger partial charge is 0.262 e. The van der Waals surface area contributed by atoms with E-state index in [1.165, 1.54) is 0 Å². The van der Waals surface area contributed by atoms with E-state index in [0.717, 1.165) is 16.1 Å². The van der Waals surface area contributed by atoms with Crippen LogP contribution in [0.15, 0.2) is 48.5 Å². The van der Waals surface area contributed by atoms with Gasteiger partial charge in [-0.25, -0.2) is 8.78 Å². The second-order valence-electron chi connectivity index (χ2n) is 5.17. The zero-order valence-electron chi connectivity index (χ0n) is 12.5. The fourth-order valence-electron chi connectivity index (χ4n) is 1.83. The number of rotatable bonds is 6. The lowest BCUT2D eigenvalue weighted by molar-refractivity contribution is 0.0221. The van der Waals surface area contributed by atoms with E-state index in [1.807, 2.05) is 30.3 Å². The lowest BCUT2D eigenvalue weighted by Gasteiger charge is -2.13. The molecule has 0 unspecified atom stereocenters. The molecule has 0 aromatic heterocycles. The van der Waals surface area contributed by atoms with E-state index < -0.39 is 18.4 Å². The molecule has 3 nitrogen and oxygen atoms in total. The lowest BCUT2D eigenvalue weighted by atomic mass is 10.2. The van der Waals surface area contributed by atoms with Crippen LogP contribution in [0.1, 0.15) is 22.8 Å². The third kappa shape index (κ3) is 5.78. The lowest BCUT2D eigenvalue weighted by Crippen LogP contribution is -2.34. The predicted octanol–water partition coefficient (Wildman–Crippen LogP) is 4.26. The summed E-state index contributed by atoms with van der Waals surface area (Å²) in [6.07, 6.45) is 0. The van der Waals surface area contributed by atoms with Gasteiger partial charge < -0.3 is 10.1 Å². The maximum Gasteiger partial charge on any atom is 0.262 e. The van der Waals surface area contributed by atoms with Crippen molar-refractivity contribution in [1.29, 1.82) is 0 Å². The van der Waals surface area contributed by atoms with E-state index in [9.17, 15) is 13.6 Å². The molecule has 0 atom stereocenters. The predicted molar refractivity (Wildman–Crippen MR) is 92.9 cm³/mol. The zero-order chi connectivity index (χ0) is 16.9. The Balaban J connectivity index is 2.05. The summed E-state index contributed by atoms with van der Waals surface area (Å²) < 4.78 is 32.2. The van der Waals surface area contributed by atoms with Crippen LogP contribution in [0.3, 0.4) is 0 Å². The molecule has 2 aromatic carbocycles. The minimum Gasteiger partial charge on any atom is -0.488 e. The van der Waals surface area contributed by atoms with E-state index in [1.54, 1.807) is 18.2 Å². The number of carbonyl (C=O) groups excluding carboxylic acids is 1. The van der Waals surface area contributed by atoms with E-state index in [-0.39, 0.29) is 5.56 Å². The third-order valence-corrected chi connectivity index (χ3v) is 3.88. The Morgan fingerprint density at radius 3 is 2.57 bits per heavy atom. The van der Waals surface area contributed by atoms with Gasteiger partial charge in [0.1, 0.15) is 12.4 Å². The number of hydrogen-bond donors (Lipinski definition) is 1. The summed E-state index contributed by atoms with van der Waals surface area (Å²) in [5, 5.41) is 2.21. The second-order valence-corrected chi connectivity index (χ2v) is 6.33. The minimum absolute atomic E-state index is 0.290. The Bertz CT molecular complexity index is 672. The number of benzene rings is 2. The average molecular weight is 431 g/mol. The standard InChI is InChI=1S/C17H16F2INO2/c1-17(18,19)11-21-16(22)13-7-8-14(20)15(9-13)23-10-12-5-3-2-4-6-12/h2-9H,10-11H2,1H3,(H,21,22). The van der Waals surface area contributed by atoms with Crippen molar-refractivity contribution < 1.29 is 18.3 Å². The summed E-state index contributed by atoms with van der Waals surface area (Å²) in [6, 6.07) is 14.5. The SMILES string of the molecule is CC(F)(F)CNC(=O)c1ccc(I)c(OCc2ccccc2)c1. The van der Waals surface area contributed by atoms with Gasteiger partial charge in [-0.2, -0.15) is 0 Å². The van der Waals surface area contributed by atoms with Gasteiger partial charge in [-0.3, -0.25) is 4.79 Å². The molecule has 0 fully saturated rings. The number of ether oxygens (including phenoxy) is 1. The van der Waals surface area contributed by atoms with Crippen molar-refractivity contribution in [1.82, 2.24) is 5.32 Å². The summed E-state index contributed by atoms with van der Waals surface area (Å²) in [6.45, 7) is 0.433. The molecule has 0 bridgehead atoms. The molecule has 1 amide bonds. The molecule has 0 aliphatic rings. The van der Waals surface area contributed by atoms with Crippen LogP contribution in [0.2, 0.25) is 0 Å². The van der Waals surface area contributed by atoms with Crippen LogP contribution in [0.4, 0.5) is 8.78 Å². The zero-order valence-corrected chi connectivity index (χ0v) is 14.6. The first kappa shape index (κ1) is 17.7. The summed E-state index contributed by atoms with van der Waals surface area (Å²) in [5.41, 5.74) is 1.29. The van der Waals surface area contributed by atoms with Crippen molar-refractivity contribution in [2.24, 2.45) is 0 Å². The van der Waals surface area contributed by atoms with Crippen molar-refractivity contribution in [2.45, 2.75) is 19.5 Å². The largest absolute Gasteiger partial charge is 0.488 e. The maximum atomic E-state index is 12.8. The molecular weight excluding hydrogens is 415 g/mol. The van der Waals surface area contributed by atoms with Gasteiger partial charge in [0.25, 0.3) is 11.8 Å². The van der Waals surface area contributed by atoms with Gasteiger partial charge in [0.2, 0.25) is 0 Å². The summed E-state index contributed by atoms with van der Waals surface area (Å²) >= 11 is 2.10. The molecule has 23 heavy (non-hydrogen) atoms. The Labute approximate surface area is 147 Å². The molecule has 1 N–H and O–H groups in total. The fraction of sp³-hybridized carbons (Fsp3) is 0.235. The van der Waals surface area contributed by atoms with Gasteiger partial charge in [-0.15, -0.1) is 0 Å². The van der Waals surface area contributed by atoms with Crippen molar-refractivity contribution >= 4 is 28.5 Å². The summed E-state index contributed by atoms with van der Waals surface area (Å²) in [4.78, 5) is 11.9. The third-order valence-electron chi connectivity index (χ3n) is 2.99. The van der Waals surface area contributed by atoms with E-state index in [2.05, 4.69) is 27.9 Å². The molecule has 2 aromatic rings. The maximum absolute atomic E-state index is 12.8. The number of carbonyl (C=O) groups is 1. The van der Waals surface area contributed by atoms with Gasteiger partial charge in [-0.05, 0) is 46.4 Å². The fourth-order valence-corrected chi connectivity index (χ4v) is 2.32. The summed E-state index contributed by atoms with van der Waals surface area (Å²) in [7, 11) is 0. The van der Waals surface area contributed by atoms with E-state index in [0.29, 0.717) is 12.4 Å². The molecule has 0 aliphatic heterocycles. The molecule has 6 heteroatoms. The van der Waals surface area contributed by atoms with Crippen molar-refractivity contribution in [2.75, 3.05) is 6.54 Å². The monoisotopic (exact) mass is 431 g/mol. The Morgan fingerprint density at radius 1 is 1.22 bits per heavy atom. The highest BCUT2D eigenvalue weighted by molar-refractivity contribution is 14.1. The van der Waals surface area contributed by atoms with E-state index in [4.69, 9.17) is 4.74 Å². The summed E-state index contributed by atoms with van der Waals surface area (Å²) in [5.74, 6) is -2.94. The van der Waals surface area contributed by atoms with Crippen LogP contribution in [-0.4, -0.2) is 18.4 Å². The number of nitrogens with one attached hydrogen (secondary N) is 1. The average Bonchev–Trinajstić information content (AvgIpc) is 2.52. The van der Waals surface area contributed by atoms with Gasteiger partial charge >= 0.3 is 0 Å². The highest BCUT2D eigenvalue weighted by Crippen LogP contribution is 2.23. The molecule has 0 aliphatic carbocycles. The highest BCUT2D eigenvalue weighted by atomic mass is 127. The first-order valence-electron chi connectivity index (χ1n) is 6.97. The second kappa shape index (κ2) is 7.72. The molecular formula is C17H16F2INO2. The van der Waals surface area contributed by atoms with Gasteiger partial charge in [0.05, 0.1) is 10.1 Å². The molecule has 0 radical (unpaired) electrons. The van der Waals surface area contributed by atoms with Crippen LogP contribution in [0.5, 0.6) is 5.75 Å². The first-order valence-corrected chi connectivity index (χ1v) is 8.05. The van der Waals surface area contributed by atoms with Crippen LogP contribution < -0.4 is 10.1 Å². The van der Waals surface area contributed by atoms with Crippen molar-refractivity contribution in [3.63, 3.8) is 0 Å². The Kier molecular flexibility index (Phi) is 5.92. The number of amides is 1. The number of alkyl halides is 2. The van der Waals surface area contributed by atoms with Crippen molar-refractivity contribution in [3.05, 3.63) is 63.2 Å². The van der Waals surface area contributed by atoms with Gasteiger partial charge in [0.15, 0.2) is 0 Å². The minimum atomic E-state index is -2.94. The van der Waals surface area contributed by atoms with Crippen LogP contribution in [0.25, 0.3) is 0 Å². The molecule has 0 saturated carbocycles. The molecule has 2 rings (SSSR count). The van der Waals surface area contributed by atoms with Crippen LogP contribution >= 0.6 is 22.6 Å². The van der Waals surface area contributed by atoms with Crippen molar-refractivity contribution in [3.8, 4) is 5.75 Å². The molecule has 0 heterocycles. The van der Waals surface area contributed by atoms with Gasteiger partial charge in [-0.1, -0.05) is 30.3 Å². The number of halogens is 3. The number of hydrogen-bond acceptors (Lipinski definition) is 2. The molecule has 122 valence electrons. The molecule has 0 saturated heterocycles. The first-order chi connectivity index (χ1) is 10.8.